The molecule has 2 amide bonds. The van der Waals surface area contributed by atoms with Crippen LogP contribution in [0.1, 0.15) is 12.0 Å². The van der Waals surface area contributed by atoms with Crippen LogP contribution in [-0.4, -0.2) is 61.3 Å². The largest absolute Gasteiger partial charge is 0.480 e. The molecule has 1 heterocycles. The highest BCUT2D eigenvalue weighted by Gasteiger charge is 2.48. The highest BCUT2D eigenvalue weighted by Crippen LogP contribution is 2.12. The van der Waals surface area contributed by atoms with Gasteiger partial charge in [-0.25, -0.2) is 0 Å². The lowest BCUT2D eigenvalue weighted by molar-refractivity contribution is -0.137. The first kappa shape index (κ1) is 18.9. The van der Waals surface area contributed by atoms with Gasteiger partial charge >= 0.3 is 5.97 Å². The summed E-state index contributed by atoms with van der Waals surface area (Å²) in [4.78, 5) is 35.4. The van der Waals surface area contributed by atoms with Gasteiger partial charge in [-0.05, 0) is 12.0 Å². The first-order valence-electron chi connectivity index (χ1n) is 8.12. The summed E-state index contributed by atoms with van der Waals surface area (Å²) in [7, 11) is 1.59. The molecule has 1 aromatic rings. The summed E-state index contributed by atoms with van der Waals surface area (Å²) in [5, 5.41) is 16.9. The van der Waals surface area contributed by atoms with Crippen LogP contribution in [0.15, 0.2) is 30.3 Å². The van der Waals surface area contributed by atoms with Crippen molar-refractivity contribution in [2.45, 2.75) is 31.0 Å². The van der Waals surface area contributed by atoms with Crippen LogP contribution in [0.3, 0.4) is 0 Å². The van der Waals surface area contributed by atoms with Gasteiger partial charge in [-0.2, -0.15) is 0 Å². The maximum absolute atomic E-state index is 12.4. The molecule has 136 valence electrons. The highest BCUT2D eigenvalue weighted by molar-refractivity contribution is 5.97. The van der Waals surface area contributed by atoms with E-state index >= 15 is 0 Å². The van der Waals surface area contributed by atoms with Crippen LogP contribution in [-0.2, 0) is 25.5 Å². The first-order chi connectivity index (χ1) is 12.0. The van der Waals surface area contributed by atoms with Crippen molar-refractivity contribution in [1.29, 1.82) is 0 Å². The number of carbonyl (C=O) groups is 3. The molecule has 2 rings (SSSR count). The quantitative estimate of drug-likeness (QED) is 0.327. The van der Waals surface area contributed by atoms with E-state index in [1.165, 1.54) is 0 Å². The molecule has 1 aromatic carbocycles. The fourth-order valence-electron chi connectivity index (χ4n) is 2.45. The smallest absolute Gasteiger partial charge is 0.322 e. The lowest BCUT2D eigenvalue weighted by Crippen LogP contribution is -2.50. The molecule has 0 aliphatic carbocycles. The van der Waals surface area contributed by atoms with Crippen LogP contribution >= 0.6 is 0 Å². The topological polar surface area (TPSA) is 127 Å². The minimum atomic E-state index is -1.08. The molecular formula is C17H23N3O5. The van der Waals surface area contributed by atoms with Crippen LogP contribution < -0.4 is 16.0 Å². The molecule has 1 aliphatic rings. The molecule has 4 N–H and O–H groups in total. The predicted molar refractivity (Wildman–Crippen MR) is 89.9 cm³/mol. The molecule has 1 aliphatic heterocycles. The van der Waals surface area contributed by atoms with Crippen molar-refractivity contribution in [1.82, 2.24) is 16.0 Å². The van der Waals surface area contributed by atoms with Crippen LogP contribution in [0, 0.1) is 0 Å². The third kappa shape index (κ3) is 5.84. The number of hydrogen-bond donors (Lipinski definition) is 4. The summed E-state index contributed by atoms with van der Waals surface area (Å²) < 4.78 is 4.93. The molecule has 8 nitrogen and oxygen atoms in total. The van der Waals surface area contributed by atoms with Crippen LogP contribution in [0.2, 0.25) is 0 Å². The van der Waals surface area contributed by atoms with Crippen LogP contribution in [0.4, 0.5) is 0 Å². The third-order valence-corrected chi connectivity index (χ3v) is 3.87. The third-order valence-electron chi connectivity index (χ3n) is 3.87. The molecule has 0 bridgehead atoms. The van der Waals surface area contributed by atoms with E-state index in [0.717, 1.165) is 5.56 Å². The predicted octanol–water partition coefficient (Wildman–Crippen LogP) is -0.708. The second kappa shape index (κ2) is 9.14. The summed E-state index contributed by atoms with van der Waals surface area (Å²) in [6.07, 6.45) is 0.993. The average molecular weight is 349 g/mol. The Bertz CT molecular complexity index is 608. The number of hydrogen-bond acceptors (Lipinski definition) is 5. The van der Waals surface area contributed by atoms with E-state index in [1.807, 2.05) is 30.3 Å². The normalized spacial score (nSPS) is 19.7. The highest BCUT2D eigenvalue weighted by atomic mass is 16.5. The SMILES string of the molecule is COCCCNC(=O)[C@H](Cc1ccccc1)NC(=O)[C@H]1N[C@@H]1C(=O)O. The van der Waals surface area contributed by atoms with Gasteiger partial charge in [0.2, 0.25) is 11.8 Å². The zero-order valence-electron chi connectivity index (χ0n) is 14.0. The molecule has 0 unspecified atom stereocenters. The first-order valence-corrected chi connectivity index (χ1v) is 8.12. The van der Waals surface area contributed by atoms with E-state index in [0.29, 0.717) is 26.0 Å². The average Bonchev–Trinajstić information content (AvgIpc) is 3.40. The van der Waals surface area contributed by atoms with E-state index < -0.39 is 30.0 Å². The van der Waals surface area contributed by atoms with E-state index in [9.17, 15) is 14.4 Å². The van der Waals surface area contributed by atoms with Gasteiger partial charge in [-0.15, -0.1) is 0 Å². The molecule has 0 saturated carbocycles. The van der Waals surface area contributed by atoms with E-state index in [2.05, 4.69) is 16.0 Å². The van der Waals surface area contributed by atoms with Crippen molar-refractivity contribution in [3.05, 3.63) is 35.9 Å². The van der Waals surface area contributed by atoms with Gasteiger partial charge in [0.25, 0.3) is 0 Å². The van der Waals surface area contributed by atoms with Gasteiger partial charge in [-0.3, -0.25) is 19.7 Å². The van der Waals surface area contributed by atoms with Gasteiger partial charge in [0.15, 0.2) is 0 Å². The number of ether oxygens (including phenoxy) is 1. The fourth-order valence-corrected chi connectivity index (χ4v) is 2.45. The van der Waals surface area contributed by atoms with Gasteiger partial charge < -0.3 is 20.5 Å². The van der Waals surface area contributed by atoms with Gasteiger partial charge in [0, 0.05) is 26.7 Å². The second-order valence-corrected chi connectivity index (χ2v) is 5.85. The summed E-state index contributed by atoms with van der Waals surface area (Å²) >= 11 is 0. The molecule has 25 heavy (non-hydrogen) atoms. The lowest BCUT2D eigenvalue weighted by atomic mass is 10.0. The van der Waals surface area contributed by atoms with Crippen molar-refractivity contribution >= 4 is 17.8 Å². The number of benzene rings is 1. The molecule has 1 saturated heterocycles. The van der Waals surface area contributed by atoms with E-state index in [-0.39, 0.29) is 5.91 Å². The Kier molecular flexibility index (Phi) is 6.91. The Balaban J connectivity index is 1.95. The number of nitrogens with one attached hydrogen (secondary N) is 3. The Morgan fingerprint density at radius 3 is 2.56 bits per heavy atom. The molecule has 0 spiro atoms. The van der Waals surface area contributed by atoms with Crippen LogP contribution in [0.25, 0.3) is 0 Å². The molecule has 1 fully saturated rings. The number of carboxylic acids is 1. The zero-order chi connectivity index (χ0) is 18.2. The number of rotatable bonds is 10. The van der Waals surface area contributed by atoms with E-state index in [4.69, 9.17) is 9.84 Å². The number of carboxylic acid groups (broad SMARTS) is 1. The molecule has 0 radical (unpaired) electrons. The monoisotopic (exact) mass is 349 g/mol. The Hall–Kier alpha value is -2.45. The van der Waals surface area contributed by atoms with Crippen LogP contribution in [0.5, 0.6) is 0 Å². The number of methoxy groups -OCH3 is 1. The minimum absolute atomic E-state index is 0.305. The molecular weight excluding hydrogens is 326 g/mol. The molecule has 8 heteroatoms. The lowest BCUT2D eigenvalue weighted by Gasteiger charge is -2.18. The summed E-state index contributed by atoms with van der Waals surface area (Å²) in [5.41, 5.74) is 0.901. The van der Waals surface area contributed by atoms with Gasteiger partial charge in [-0.1, -0.05) is 30.3 Å². The van der Waals surface area contributed by atoms with Crippen molar-refractivity contribution < 1.29 is 24.2 Å². The van der Waals surface area contributed by atoms with Crippen molar-refractivity contribution in [2.24, 2.45) is 0 Å². The number of aliphatic carboxylic acids is 1. The Morgan fingerprint density at radius 2 is 1.96 bits per heavy atom. The van der Waals surface area contributed by atoms with Crippen molar-refractivity contribution in [3.63, 3.8) is 0 Å². The van der Waals surface area contributed by atoms with E-state index in [1.54, 1.807) is 7.11 Å². The number of amides is 2. The number of carbonyl (C=O) groups excluding carboxylic acids is 2. The molecule has 3 atom stereocenters. The zero-order valence-corrected chi connectivity index (χ0v) is 14.0. The Morgan fingerprint density at radius 1 is 1.24 bits per heavy atom. The second-order valence-electron chi connectivity index (χ2n) is 5.85. The fraction of sp³-hybridized carbons (Fsp3) is 0.471. The minimum Gasteiger partial charge on any atom is -0.480 e. The van der Waals surface area contributed by atoms with Crippen molar-refractivity contribution in [3.8, 4) is 0 Å². The maximum Gasteiger partial charge on any atom is 0.322 e. The van der Waals surface area contributed by atoms with Gasteiger partial charge in [0.05, 0.1) is 0 Å². The summed E-state index contributed by atoms with van der Waals surface area (Å²) in [5.74, 6) is -1.87. The summed E-state index contributed by atoms with van der Waals surface area (Å²) in [6.45, 7) is 0.968. The van der Waals surface area contributed by atoms with Crippen molar-refractivity contribution in [2.75, 3.05) is 20.3 Å². The standard InChI is InChI=1S/C17H23N3O5/c1-25-9-5-8-18-15(21)12(10-11-6-3-2-4-7-11)19-16(22)13-14(20-13)17(23)24/h2-4,6-7,12-14,20H,5,8-10H2,1H3,(H,18,21)(H,19,22)(H,23,24)/t12-,13-,14-/m0/s1. The summed E-state index contributed by atoms with van der Waals surface area (Å²) in [6, 6.07) is 6.86. The maximum atomic E-state index is 12.4. The molecule has 0 aromatic heterocycles. The Labute approximate surface area is 145 Å². The van der Waals surface area contributed by atoms with Gasteiger partial charge in [0.1, 0.15) is 18.1 Å².